The molecule has 2 aromatic carbocycles. The number of thioether (sulfide) groups is 1. The van der Waals surface area contributed by atoms with Crippen LogP contribution in [0.4, 0.5) is 0 Å². The highest BCUT2D eigenvalue weighted by Crippen LogP contribution is 2.39. The topological polar surface area (TPSA) is 76.1 Å². The van der Waals surface area contributed by atoms with Crippen molar-refractivity contribution in [3.8, 4) is 11.5 Å². The fourth-order valence-corrected chi connectivity index (χ4v) is 4.69. The molecule has 1 fully saturated rings. The first-order valence-corrected chi connectivity index (χ1v) is 11.5. The van der Waals surface area contributed by atoms with Crippen LogP contribution in [0.1, 0.15) is 18.1 Å². The Morgan fingerprint density at radius 1 is 1.29 bits per heavy atom. The highest BCUT2D eigenvalue weighted by atomic mass is 79.9. The molecule has 0 unspecified atom stereocenters. The third-order valence-corrected chi connectivity index (χ3v) is 6.31. The number of amides is 1. The number of hydrogen-bond donors (Lipinski definition) is 1. The molecule has 1 N–H and O–H groups in total. The van der Waals surface area contributed by atoms with Crippen LogP contribution in [0.25, 0.3) is 6.08 Å². The maximum atomic E-state index is 12.5. The third kappa shape index (κ3) is 6.00. The monoisotopic (exact) mass is 541 g/mol. The molecule has 1 heterocycles. The lowest BCUT2D eigenvalue weighted by atomic mass is 10.1. The SMILES string of the molecule is CCOc1cc(/C=C2\SC(=S)N(CC(=O)O)C2=O)cc(Br)c1OCc1ccc(Cl)cc1. The van der Waals surface area contributed by atoms with Crippen LogP contribution in [0, 0.1) is 0 Å². The second-order valence-corrected chi connectivity index (χ2v) is 9.31. The Morgan fingerprint density at radius 3 is 2.65 bits per heavy atom. The van der Waals surface area contributed by atoms with E-state index in [2.05, 4.69) is 15.9 Å². The molecule has 0 spiro atoms. The van der Waals surface area contributed by atoms with Crippen molar-refractivity contribution in [2.45, 2.75) is 13.5 Å². The predicted octanol–water partition coefficient (Wildman–Crippen LogP) is 5.37. The molecular formula is C21H17BrClNO5S2. The van der Waals surface area contributed by atoms with E-state index in [1.807, 2.05) is 19.1 Å². The number of carboxylic acids is 1. The van der Waals surface area contributed by atoms with Gasteiger partial charge in [0.2, 0.25) is 0 Å². The van der Waals surface area contributed by atoms with Crippen molar-refractivity contribution in [1.82, 2.24) is 4.90 Å². The van der Waals surface area contributed by atoms with Gasteiger partial charge in [-0.15, -0.1) is 0 Å². The van der Waals surface area contributed by atoms with Crippen molar-refractivity contribution >= 4 is 73.8 Å². The van der Waals surface area contributed by atoms with E-state index in [1.165, 1.54) is 0 Å². The molecule has 0 atom stereocenters. The summed E-state index contributed by atoms with van der Waals surface area (Å²) < 4.78 is 12.6. The molecule has 10 heteroatoms. The molecule has 162 valence electrons. The van der Waals surface area contributed by atoms with Crippen LogP contribution in [0.15, 0.2) is 45.8 Å². The number of rotatable bonds is 8. The zero-order chi connectivity index (χ0) is 22.5. The summed E-state index contributed by atoms with van der Waals surface area (Å²) >= 11 is 15.6. The minimum absolute atomic E-state index is 0.214. The van der Waals surface area contributed by atoms with E-state index in [9.17, 15) is 9.59 Å². The number of carbonyl (C=O) groups excluding carboxylic acids is 1. The van der Waals surface area contributed by atoms with Crippen molar-refractivity contribution in [1.29, 1.82) is 0 Å². The zero-order valence-corrected chi connectivity index (χ0v) is 20.2. The summed E-state index contributed by atoms with van der Waals surface area (Å²) in [6.45, 7) is 2.14. The van der Waals surface area contributed by atoms with Crippen LogP contribution in [0.5, 0.6) is 11.5 Å². The quantitative estimate of drug-likeness (QED) is 0.355. The molecule has 0 aliphatic carbocycles. The van der Waals surface area contributed by atoms with Gasteiger partial charge in [-0.2, -0.15) is 0 Å². The number of thiocarbonyl (C=S) groups is 1. The molecule has 0 saturated carbocycles. The summed E-state index contributed by atoms with van der Waals surface area (Å²) in [6, 6.07) is 10.9. The lowest BCUT2D eigenvalue weighted by Crippen LogP contribution is -2.33. The van der Waals surface area contributed by atoms with Crippen molar-refractivity contribution in [2.75, 3.05) is 13.2 Å². The summed E-state index contributed by atoms with van der Waals surface area (Å²) in [7, 11) is 0. The molecule has 1 aliphatic heterocycles. The first kappa shape index (κ1) is 23.6. The maximum absolute atomic E-state index is 12.5. The second-order valence-electron chi connectivity index (χ2n) is 6.34. The summed E-state index contributed by atoms with van der Waals surface area (Å²) in [5.41, 5.74) is 1.63. The Labute approximate surface area is 202 Å². The molecule has 1 amide bonds. The van der Waals surface area contributed by atoms with Gasteiger partial charge < -0.3 is 14.6 Å². The Morgan fingerprint density at radius 2 is 2.00 bits per heavy atom. The van der Waals surface area contributed by atoms with E-state index < -0.39 is 18.4 Å². The Balaban J connectivity index is 1.85. The van der Waals surface area contributed by atoms with E-state index in [-0.39, 0.29) is 4.32 Å². The number of nitrogens with zero attached hydrogens (tertiary/aromatic N) is 1. The fourth-order valence-electron chi connectivity index (χ4n) is 2.73. The normalized spacial score (nSPS) is 14.9. The Kier molecular flexibility index (Phi) is 7.99. The molecule has 6 nitrogen and oxygen atoms in total. The van der Waals surface area contributed by atoms with E-state index in [4.69, 9.17) is 38.4 Å². The van der Waals surface area contributed by atoms with E-state index in [1.54, 1.807) is 30.3 Å². The highest BCUT2D eigenvalue weighted by Gasteiger charge is 2.33. The summed E-state index contributed by atoms with van der Waals surface area (Å²) in [4.78, 5) is 24.9. The second kappa shape index (κ2) is 10.5. The summed E-state index contributed by atoms with van der Waals surface area (Å²) in [6.07, 6.45) is 1.65. The van der Waals surface area contributed by atoms with Gasteiger partial charge in [0.1, 0.15) is 17.5 Å². The van der Waals surface area contributed by atoms with Crippen molar-refractivity contribution in [3.05, 3.63) is 61.9 Å². The largest absolute Gasteiger partial charge is 0.490 e. The standard InChI is InChI=1S/C21H17BrClNO5S2/c1-2-28-16-8-13(9-17-20(27)24(10-18(25)26)21(30)31-17)7-15(22)19(16)29-11-12-3-5-14(23)6-4-12/h3-9H,2,10-11H2,1H3,(H,25,26)/b17-9-. The molecule has 3 rings (SSSR count). The van der Waals surface area contributed by atoms with Crippen LogP contribution in [-0.4, -0.2) is 39.4 Å². The molecule has 0 aromatic heterocycles. The van der Waals surface area contributed by atoms with Crippen LogP contribution in [-0.2, 0) is 16.2 Å². The van der Waals surface area contributed by atoms with Crippen LogP contribution < -0.4 is 9.47 Å². The Hall–Kier alpha value is -2.07. The van der Waals surface area contributed by atoms with Crippen LogP contribution in [0.3, 0.4) is 0 Å². The number of ether oxygens (including phenoxy) is 2. The van der Waals surface area contributed by atoms with Gasteiger partial charge in [-0.05, 0) is 64.3 Å². The lowest BCUT2D eigenvalue weighted by Gasteiger charge is -2.15. The molecule has 2 aromatic rings. The molecular weight excluding hydrogens is 526 g/mol. The number of hydrogen-bond acceptors (Lipinski definition) is 6. The summed E-state index contributed by atoms with van der Waals surface area (Å²) in [5.74, 6) is -0.513. The number of aliphatic carboxylic acids is 1. The number of carbonyl (C=O) groups is 2. The molecule has 0 radical (unpaired) electrons. The highest BCUT2D eigenvalue weighted by molar-refractivity contribution is 9.10. The molecule has 1 aliphatic rings. The average molecular weight is 543 g/mol. The van der Waals surface area contributed by atoms with Gasteiger partial charge in [-0.1, -0.05) is 47.7 Å². The maximum Gasteiger partial charge on any atom is 0.323 e. The van der Waals surface area contributed by atoms with E-state index in [0.29, 0.717) is 44.7 Å². The van der Waals surface area contributed by atoms with Gasteiger partial charge in [0.05, 0.1) is 16.0 Å². The van der Waals surface area contributed by atoms with Crippen molar-refractivity contribution in [3.63, 3.8) is 0 Å². The van der Waals surface area contributed by atoms with E-state index in [0.717, 1.165) is 22.2 Å². The van der Waals surface area contributed by atoms with Gasteiger partial charge in [0.15, 0.2) is 11.5 Å². The average Bonchev–Trinajstić information content (AvgIpc) is 2.96. The van der Waals surface area contributed by atoms with E-state index >= 15 is 0 Å². The predicted molar refractivity (Wildman–Crippen MR) is 129 cm³/mol. The smallest absolute Gasteiger partial charge is 0.323 e. The minimum Gasteiger partial charge on any atom is -0.490 e. The first-order valence-electron chi connectivity index (χ1n) is 9.09. The van der Waals surface area contributed by atoms with Crippen LogP contribution in [0.2, 0.25) is 5.02 Å². The lowest BCUT2D eigenvalue weighted by molar-refractivity contribution is -0.140. The Bertz CT molecular complexity index is 1060. The van der Waals surface area contributed by atoms with Gasteiger partial charge in [0.25, 0.3) is 5.91 Å². The van der Waals surface area contributed by atoms with Crippen LogP contribution >= 0.6 is 51.5 Å². The zero-order valence-electron chi connectivity index (χ0n) is 16.3. The van der Waals surface area contributed by atoms with Gasteiger partial charge in [0, 0.05) is 5.02 Å². The fraction of sp³-hybridized carbons (Fsp3) is 0.190. The number of halogens is 2. The summed E-state index contributed by atoms with van der Waals surface area (Å²) in [5, 5.41) is 9.62. The molecule has 1 saturated heterocycles. The number of carboxylic acid groups (broad SMARTS) is 1. The van der Waals surface area contributed by atoms with Gasteiger partial charge in [-0.3, -0.25) is 14.5 Å². The molecule has 0 bridgehead atoms. The molecule has 31 heavy (non-hydrogen) atoms. The van der Waals surface area contributed by atoms with Gasteiger partial charge in [-0.25, -0.2) is 0 Å². The number of benzene rings is 2. The third-order valence-electron chi connectivity index (χ3n) is 4.09. The van der Waals surface area contributed by atoms with Crippen molar-refractivity contribution < 1.29 is 24.2 Å². The van der Waals surface area contributed by atoms with Crippen molar-refractivity contribution in [2.24, 2.45) is 0 Å². The first-order chi connectivity index (χ1) is 14.8. The van der Waals surface area contributed by atoms with Gasteiger partial charge >= 0.3 is 5.97 Å². The minimum atomic E-state index is -1.12.